The fourth-order valence-electron chi connectivity index (χ4n) is 1.60. The number of aryl methyl sites for hydroxylation is 1. The molecule has 0 atom stereocenters. The molecule has 0 radical (unpaired) electrons. The fraction of sp³-hybridized carbons (Fsp3) is 0.0909. The molecule has 0 saturated heterocycles. The van der Waals surface area contributed by atoms with E-state index in [1.165, 1.54) is 0 Å². The molecule has 0 aliphatic heterocycles. The minimum atomic E-state index is 0.689. The van der Waals surface area contributed by atoms with Crippen molar-refractivity contribution in [1.29, 1.82) is 0 Å². The molecule has 0 aliphatic carbocycles. The van der Waals surface area contributed by atoms with Gasteiger partial charge in [0, 0.05) is 10.7 Å². The molecule has 0 fully saturated rings. The summed E-state index contributed by atoms with van der Waals surface area (Å²) in [5, 5.41) is 0. The van der Waals surface area contributed by atoms with Gasteiger partial charge in [0.15, 0.2) is 17.2 Å². The van der Waals surface area contributed by atoms with Gasteiger partial charge in [0.2, 0.25) is 0 Å². The van der Waals surface area contributed by atoms with E-state index in [9.17, 15) is 0 Å². The normalized spacial score (nSPS) is 11.1. The Bertz CT molecular complexity index is 656. The van der Waals surface area contributed by atoms with Crippen molar-refractivity contribution in [2.75, 3.05) is 0 Å². The first kappa shape index (κ1) is 9.59. The molecule has 0 saturated carbocycles. The quantitative estimate of drug-likeness (QED) is 0.743. The number of hydrogen-bond acceptors (Lipinski definition) is 3. The summed E-state index contributed by atoms with van der Waals surface area (Å²) in [6, 6.07) is 3.85. The number of imidazole rings is 1. The molecule has 4 nitrogen and oxygen atoms in total. The summed E-state index contributed by atoms with van der Waals surface area (Å²) >= 11 is 3.37. The summed E-state index contributed by atoms with van der Waals surface area (Å²) in [6.07, 6.45) is 3.38. The van der Waals surface area contributed by atoms with E-state index in [4.69, 9.17) is 4.42 Å². The molecule has 0 spiro atoms. The highest BCUT2D eigenvalue weighted by Crippen LogP contribution is 2.24. The molecule has 3 heterocycles. The molecule has 0 aromatic carbocycles. The number of furan rings is 1. The first-order valence-electron chi connectivity index (χ1n) is 4.80. The maximum atomic E-state index is 5.38. The van der Waals surface area contributed by atoms with E-state index in [1.54, 1.807) is 12.5 Å². The van der Waals surface area contributed by atoms with Crippen LogP contribution in [0.4, 0.5) is 0 Å². The van der Waals surface area contributed by atoms with Crippen LogP contribution in [0.25, 0.3) is 22.7 Å². The lowest BCUT2D eigenvalue weighted by atomic mass is 10.3. The number of pyridine rings is 1. The number of H-pyrrole nitrogens is 1. The number of fused-ring (bicyclic) bond motifs is 1. The van der Waals surface area contributed by atoms with Crippen LogP contribution in [0.15, 0.2) is 33.5 Å². The lowest BCUT2D eigenvalue weighted by molar-refractivity contribution is 0.577. The molecular formula is C11H8BrN3O. The topological polar surface area (TPSA) is 54.7 Å². The van der Waals surface area contributed by atoms with E-state index >= 15 is 0 Å². The van der Waals surface area contributed by atoms with Crippen LogP contribution in [0.1, 0.15) is 5.56 Å². The maximum absolute atomic E-state index is 5.38. The predicted molar refractivity (Wildman–Crippen MR) is 64.0 cm³/mol. The highest BCUT2D eigenvalue weighted by atomic mass is 79.9. The number of aromatic nitrogens is 3. The van der Waals surface area contributed by atoms with Gasteiger partial charge in [-0.15, -0.1) is 0 Å². The molecule has 3 rings (SSSR count). The standard InChI is InChI=1S/C11H8BrN3O/c1-6-2-3-16-9(6)11-14-8-4-7(12)5-13-10(8)15-11/h2-5H,1H3,(H,13,14,15). The van der Waals surface area contributed by atoms with Crippen molar-refractivity contribution in [3.63, 3.8) is 0 Å². The minimum Gasteiger partial charge on any atom is -0.461 e. The SMILES string of the molecule is Cc1ccoc1-c1nc2ncc(Br)cc2[nH]1. The Morgan fingerprint density at radius 2 is 2.31 bits per heavy atom. The smallest absolute Gasteiger partial charge is 0.178 e. The highest BCUT2D eigenvalue weighted by Gasteiger charge is 2.11. The van der Waals surface area contributed by atoms with E-state index in [0.717, 1.165) is 21.3 Å². The lowest BCUT2D eigenvalue weighted by Gasteiger charge is -1.90. The van der Waals surface area contributed by atoms with Gasteiger partial charge in [-0.1, -0.05) is 0 Å². The Balaban J connectivity index is 2.23. The number of halogens is 1. The van der Waals surface area contributed by atoms with Gasteiger partial charge < -0.3 is 9.40 Å². The highest BCUT2D eigenvalue weighted by molar-refractivity contribution is 9.10. The maximum Gasteiger partial charge on any atom is 0.178 e. The van der Waals surface area contributed by atoms with Crippen LogP contribution >= 0.6 is 15.9 Å². The molecule has 3 aromatic heterocycles. The number of aromatic amines is 1. The van der Waals surface area contributed by atoms with Crippen LogP contribution in [0, 0.1) is 6.92 Å². The third-order valence-electron chi connectivity index (χ3n) is 2.38. The largest absolute Gasteiger partial charge is 0.461 e. The van der Waals surface area contributed by atoms with E-state index in [0.29, 0.717) is 11.5 Å². The Hall–Kier alpha value is -1.62. The summed E-state index contributed by atoms with van der Waals surface area (Å²) in [5.74, 6) is 1.47. The number of nitrogens with zero attached hydrogens (tertiary/aromatic N) is 2. The van der Waals surface area contributed by atoms with Crippen LogP contribution in [-0.2, 0) is 0 Å². The second-order valence-electron chi connectivity index (χ2n) is 3.54. The van der Waals surface area contributed by atoms with Crippen LogP contribution in [0.3, 0.4) is 0 Å². The number of nitrogens with one attached hydrogen (secondary N) is 1. The molecule has 1 N–H and O–H groups in total. The van der Waals surface area contributed by atoms with Crippen LogP contribution in [0.5, 0.6) is 0 Å². The zero-order valence-electron chi connectivity index (χ0n) is 8.49. The Labute approximate surface area is 99.8 Å². The van der Waals surface area contributed by atoms with Gasteiger partial charge in [0.25, 0.3) is 0 Å². The van der Waals surface area contributed by atoms with Crippen molar-refractivity contribution >= 4 is 27.1 Å². The van der Waals surface area contributed by atoms with Gasteiger partial charge in [-0.25, -0.2) is 9.97 Å². The average Bonchev–Trinajstić information content (AvgIpc) is 2.82. The van der Waals surface area contributed by atoms with Crippen LogP contribution in [0.2, 0.25) is 0 Å². The van der Waals surface area contributed by atoms with E-state index < -0.39 is 0 Å². The van der Waals surface area contributed by atoms with Gasteiger partial charge >= 0.3 is 0 Å². The van der Waals surface area contributed by atoms with Crippen molar-refractivity contribution in [3.05, 3.63) is 34.6 Å². The third kappa shape index (κ3) is 1.44. The molecule has 0 bridgehead atoms. The fourth-order valence-corrected chi connectivity index (χ4v) is 1.93. The average molecular weight is 278 g/mol. The second-order valence-corrected chi connectivity index (χ2v) is 4.46. The summed E-state index contributed by atoms with van der Waals surface area (Å²) in [4.78, 5) is 11.8. The van der Waals surface area contributed by atoms with Crippen molar-refractivity contribution in [2.24, 2.45) is 0 Å². The summed E-state index contributed by atoms with van der Waals surface area (Å²) in [7, 11) is 0. The molecular weight excluding hydrogens is 270 g/mol. The second kappa shape index (κ2) is 3.45. The van der Waals surface area contributed by atoms with Gasteiger partial charge in [0.05, 0.1) is 11.8 Å². The van der Waals surface area contributed by atoms with E-state index in [1.807, 2.05) is 19.1 Å². The Morgan fingerprint density at radius 3 is 3.06 bits per heavy atom. The summed E-state index contributed by atoms with van der Waals surface area (Å²) < 4.78 is 6.30. The van der Waals surface area contributed by atoms with Gasteiger partial charge in [-0.3, -0.25) is 0 Å². The molecule has 16 heavy (non-hydrogen) atoms. The first-order chi connectivity index (χ1) is 7.74. The molecule has 80 valence electrons. The predicted octanol–water partition coefficient (Wildman–Crippen LogP) is 3.29. The zero-order valence-corrected chi connectivity index (χ0v) is 10.1. The monoisotopic (exact) mass is 277 g/mol. The summed E-state index contributed by atoms with van der Waals surface area (Å²) in [5.41, 5.74) is 2.63. The number of rotatable bonds is 1. The number of hydrogen-bond donors (Lipinski definition) is 1. The first-order valence-corrected chi connectivity index (χ1v) is 5.59. The van der Waals surface area contributed by atoms with E-state index in [-0.39, 0.29) is 0 Å². The van der Waals surface area contributed by atoms with Gasteiger partial charge in [0.1, 0.15) is 0 Å². The van der Waals surface area contributed by atoms with Crippen molar-refractivity contribution < 1.29 is 4.42 Å². The van der Waals surface area contributed by atoms with Crippen molar-refractivity contribution in [3.8, 4) is 11.6 Å². The van der Waals surface area contributed by atoms with Crippen LogP contribution in [-0.4, -0.2) is 15.0 Å². The van der Waals surface area contributed by atoms with Crippen molar-refractivity contribution in [2.45, 2.75) is 6.92 Å². The molecule has 0 amide bonds. The molecule has 0 aliphatic rings. The Morgan fingerprint density at radius 1 is 1.44 bits per heavy atom. The third-order valence-corrected chi connectivity index (χ3v) is 2.81. The van der Waals surface area contributed by atoms with Gasteiger partial charge in [-0.05, 0) is 40.5 Å². The molecule has 0 unspecified atom stereocenters. The molecule has 5 heteroatoms. The van der Waals surface area contributed by atoms with Crippen molar-refractivity contribution in [1.82, 2.24) is 15.0 Å². The zero-order chi connectivity index (χ0) is 11.1. The lowest BCUT2D eigenvalue weighted by Crippen LogP contribution is -1.79. The van der Waals surface area contributed by atoms with E-state index in [2.05, 4.69) is 30.9 Å². The van der Waals surface area contributed by atoms with Crippen LogP contribution < -0.4 is 0 Å². The Kier molecular flexibility index (Phi) is 2.07. The van der Waals surface area contributed by atoms with Gasteiger partial charge in [-0.2, -0.15) is 0 Å². The minimum absolute atomic E-state index is 0.689. The molecule has 3 aromatic rings. The summed E-state index contributed by atoms with van der Waals surface area (Å²) in [6.45, 7) is 1.98.